The van der Waals surface area contributed by atoms with E-state index >= 15 is 0 Å². The summed E-state index contributed by atoms with van der Waals surface area (Å²) in [6.07, 6.45) is 22.3. The molecule has 92 valence electrons. The van der Waals surface area contributed by atoms with Gasteiger partial charge in [-0.15, -0.1) is 0 Å². The van der Waals surface area contributed by atoms with Crippen molar-refractivity contribution in [1.82, 2.24) is 5.32 Å². The Bertz CT molecular complexity index is 339. The summed E-state index contributed by atoms with van der Waals surface area (Å²) in [5, 5.41) is 3.91. The zero-order valence-corrected chi connectivity index (χ0v) is 10.9. The molecular weight excluding hydrogens is 206 g/mol. The van der Waals surface area contributed by atoms with Crippen LogP contribution in [0.2, 0.25) is 0 Å². The average molecular weight is 229 g/mol. The second-order valence-corrected chi connectivity index (χ2v) is 5.13. The Morgan fingerprint density at radius 2 is 1.29 bits per heavy atom. The summed E-state index contributed by atoms with van der Waals surface area (Å²) in [5.74, 6) is 0. The van der Waals surface area contributed by atoms with Crippen LogP contribution in [0.4, 0.5) is 0 Å². The molecule has 0 bridgehead atoms. The van der Waals surface area contributed by atoms with Crippen molar-refractivity contribution >= 4 is 0 Å². The first-order valence-electron chi connectivity index (χ1n) is 6.72. The van der Waals surface area contributed by atoms with Crippen molar-refractivity contribution < 1.29 is 0 Å². The standard InChI is InChI=1S/C16H23N/c1-3-15(11-7-5-8-12-15)17-16(4-2)13-9-6-10-14-16/h5-11,13,17H,3-4,12,14H2,1-2H3/t15-,16-/m1/s1. The van der Waals surface area contributed by atoms with Crippen molar-refractivity contribution in [1.29, 1.82) is 0 Å². The fourth-order valence-electron chi connectivity index (χ4n) is 2.71. The van der Waals surface area contributed by atoms with Gasteiger partial charge in [0.25, 0.3) is 0 Å². The summed E-state index contributed by atoms with van der Waals surface area (Å²) < 4.78 is 0. The van der Waals surface area contributed by atoms with E-state index in [1.807, 2.05) is 0 Å². The van der Waals surface area contributed by atoms with Gasteiger partial charge in [0.15, 0.2) is 0 Å². The van der Waals surface area contributed by atoms with Gasteiger partial charge in [0, 0.05) is 11.1 Å². The van der Waals surface area contributed by atoms with Crippen LogP contribution >= 0.6 is 0 Å². The maximum absolute atomic E-state index is 3.91. The van der Waals surface area contributed by atoms with Crippen molar-refractivity contribution in [3.8, 4) is 0 Å². The third-order valence-corrected chi connectivity index (χ3v) is 4.05. The molecule has 0 aliphatic heterocycles. The smallest absolute Gasteiger partial charge is 0.0406 e. The van der Waals surface area contributed by atoms with Gasteiger partial charge < -0.3 is 0 Å². The molecule has 2 aliphatic rings. The van der Waals surface area contributed by atoms with Gasteiger partial charge in [0.1, 0.15) is 0 Å². The largest absolute Gasteiger partial charge is 0.298 e. The van der Waals surface area contributed by atoms with Crippen LogP contribution in [0.5, 0.6) is 0 Å². The van der Waals surface area contributed by atoms with Crippen LogP contribution in [0.25, 0.3) is 0 Å². The number of allylic oxidation sites excluding steroid dienone is 4. The van der Waals surface area contributed by atoms with E-state index in [9.17, 15) is 0 Å². The molecule has 0 amide bonds. The molecule has 0 aromatic carbocycles. The third kappa shape index (κ3) is 2.61. The highest BCUT2D eigenvalue weighted by atomic mass is 15.0. The molecular formula is C16H23N. The molecule has 0 unspecified atom stereocenters. The van der Waals surface area contributed by atoms with Gasteiger partial charge in [-0.05, 0) is 25.7 Å². The fraction of sp³-hybridized carbons (Fsp3) is 0.500. The molecule has 1 nitrogen and oxygen atoms in total. The Labute approximate surface area is 105 Å². The molecule has 0 fully saturated rings. The number of hydrogen-bond donors (Lipinski definition) is 1. The summed E-state index contributed by atoms with van der Waals surface area (Å²) in [7, 11) is 0. The molecule has 0 aromatic rings. The molecule has 0 saturated carbocycles. The second kappa shape index (κ2) is 5.05. The minimum absolute atomic E-state index is 0.139. The van der Waals surface area contributed by atoms with Crippen LogP contribution in [0, 0.1) is 0 Å². The normalized spacial score (nSPS) is 35.4. The Balaban J connectivity index is 2.17. The van der Waals surface area contributed by atoms with Crippen molar-refractivity contribution in [3.63, 3.8) is 0 Å². The Morgan fingerprint density at radius 3 is 1.59 bits per heavy atom. The summed E-state index contributed by atoms with van der Waals surface area (Å²) in [6.45, 7) is 4.53. The lowest BCUT2D eigenvalue weighted by Crippen LogP contribution is -2.56. The molecule has 0 saturated heterocycles. The molecule has 2 atom stereocenters. The van der Waals surface area contributed by atoms with Crippen LogP contribution in [0.1, 0.15) is 39.5 Å². The molecule has 2 aliphatic carbocycles. The maximum atomic E-state index is 3.91. The summed E-state index contributed by atoms with van der Waals surface area (Å²) in [5.41, 5.74) is 0.278. The van der Waals surface area contributed by atoms with Crippen molar-refractivity contribution in [3.05, 3.63) is 48.6 Å². The summed E-state index contributed by atoms with van der Waals surface area (Å²) in [4.78, 5) is 0. The lowest BCUT2D eigenvalue weighted by molar-refractivity contribution is 0.269. The predicted molar refractivity (Wildman–Crippen MR) is 75.0 cm³/mol. The lowest BCUT2D eigenvalue weighted by atomic mass is 9.81. The van der Waals surface area contributed by atoms with Crippen LogP contribution < -0.4 is 5.32 Å². The van der Waals surface area contributed by atoms with E-state index in [4.69, 9.17) is 0 Å². The highest BCUT2D eigenvalue weighted by Crippen LogP contribution is 2.30. The van der Waals surface area contributed by atoms with Gasteiger partial charge in [-0.3, -0.25) is 5.32 Å². The first kappa shape index (κ1) is 12.4. The zero-order chi connectivity index (χ0) is 12.2. The Hall–Kier alpha value is -1.08. The van der Waals surface area contributed by atoms with E-state index in [0.717, 1.165) is 25.7 Å². The minimum Gasteiger partial charge on any atom is -0.298 e. The van der Waals surface area contributed by atoms with Crippen LogP contribution in [0.15, 0.2) is 48.6 Å². The summed E-state index contributed by atoms with van der Waals surface area (Å²) in [6, 6.07) is 0. The monoisotopic (exact) mass is 229 g/mol. The molecule has 1 N–H and O–H groups in total. The van der Waals surface area contributed by atoms with Crippen molar-refractivity contribution in [2.45, 2.75) is 50.6 Å². The number of hydrogen-bond acceptors (Lipinski definition) is 1. The Kier molecular flexibility index (Phi) is 3.68. The van der Waals surface area contributed by atoms with E-state index < -0.39 is 0 Å². The molecule has 2 rings (SSSR count). The van der Waals surface area contributed by atoms with Gasteiger partial charge in [-0.1, -0.05) is 62.5 Å². The highest BCUT2D eigenvalue weighted by molar-refractivity contribution is 5.27. The van der Waals surface area contributed by atoms with E-state index in [1.165, 1.54) is 0 Å². The predicted octanol–water partition coefficient (Wildman–Crippen LogP) is 3.91. The van der Waals surface area contributed by atoms with E-state index in [2.05, 4.69) is 67.8 Å². The van der Waals surface area contributed by atoms with Gasteiger partial charge >= 0.3 is 0 Å². The van der Waals surface area contributed by atoms with E-state index in [1.54, 1.807) is 0 Å². The maximum Gasteiger partial charge on any atom is 0.0406 e. The molecule has 17 heavy (non-hydrogen) atoms. The van der Waals surface area contributed by atoms with Crippen LogP contribution in [-0.4, -0.2) is 11.1 Å². The highest BCUT2D eigenvalue weighted by Gasteiger charge is 2.34. The quantitative estimate of drug-likeness (QED) is 0.770. The first-order chi connectivity index (χ1) is 8.24. The minimum atomic E-state index is 0.139. The van der Waals surface area contributed by atoms with Crippen LogP contribution in [-0.2, 0) is 0 Å². The van der Waals surface area contributed by atoms with Gasteiger partial charge in [0.05, 0.1) is 0 Å². The lowest BCUT2D eigenvalue weighted by Gasteiger charge is -2.43. The molecule has 0 spiro atoms. The van der Waals surface area contributed by atoms with Gasteiger partial charge in [0.2, 0.25) is 0 Å². The summed E-state index contributed by atoms with van der Waals surface area (Å²) >= 11 is 0. The van der Waals surface area contributed by atoms with Gasteiger partial charge in [-0.25, -0.2) is 0 Å². The Morgan fingerprint density at radius 1 is 0.824 bits per heavy atom. The first-order valence-corrected chi connectivity index (χ1v) is 6.72. The molecule has 1 heteroatoms. The second-order valence-electron chi connectivity index (χ2n) is 5.13. The van der Waals surface area contributed by atoms with Crippen molar-refractivity contribution in [2.75, 3.05) is 0 Å². The number of rotatable bonds is 4. The van der Waals surface area contributed by atoms with E-state index in [0.29, 0.717) is 0 Å². The topological polar surface area (TPSA) is 12.0 Å². The average Bonchev–Trinajstić information content (AvgIpc) is 2.41. The molecule has 0 radical (unpaired) electrons. The van der Waals surface area contributed by atoms with Gasteiger partial charge in [-0.2, -0.15) is 0 Å². The van der Waals surface area contributed by atoms with E-state index in [-0.39, 0.29) is 11.1 Å². The molecule has 0 aromatic heterocycles. The fourth-order valence-corrected chi connectivity index (χ4v) is 2.71. The van der Waals surface area contributed by atoms with Crippen molar-refractivity contribution in [2.24, 2.45) is 0 Å². The van der Waals surface area contributed by atoms with Crippen LogP contribution in [0.3, 0.4) is 0 Å². The molecule has 0 heterocycles. The number of nitrogens with one attached hydrogen (secondary N) is 1. The zero-order valence-electron chi connectivity index (χ0n) is 10.9. The third-order valence-electron chi connectivity index (χ3n) is 4.05. The SMILES string of the molecule is CC[C@@]1(N[C@]2(CC)C=CC=CC2)C=CC=CC1.